The van der Waals surface area contributed by atoms with Crippen LogP contribution in [-0.2, 0) is 0 Å². The number of fused-ring (bicyclic) bond motifs is 1. The molecule has 0 aliphatic rings. The molecule has 0 spiro atoms. The molecule has 0 aliphatic heterocycles. The van der Waals surface area contributed by atoms with Gasteiger partial charge < -0.3 is 0 Å². The minimum absolute atomic E-state index is 1.23. The molecule has 1 heterocycles. The third-order valence-electron chi connectivity index (χ3n) is 1.51. The van der Waals surface area contributed by atoms with Crippen molar-refractivity contribution in [3.05, 3.63) is 35.2 Å². The molecular weight excluding hydrogens is 140 g/mol. The number of thiophene rings is 1. The van der Waals surface area contributed by atoms with Crippen LogP contribution < -0.4 is 0 Å². The lowest BCUT2D eigenvalue weighted by Crippen LogP contribution is -1.67. The molecule has 10 heavy (non-hydrogen) atoms. The fourth-order valence-electron chi connectivity index (χ4n) is 0.992. The molecule has 0 bridgehead atoms. The van der Waals surface area contributed by atoms with Gasteiger partial charge in [0, 0.05) is 10.1 Å². The molecular formula is C9H7S. The van der Waals surface area contributed by atoms with Crippen LogP contribution in [0.15, 0.2) is 23.6 Å². The molecule has 0 unspecified atom stereocenters. The van der Waals surface area contributed by atoms with Crippen LogP contribution in [0, 0.1) is 13.0 Å². The van der Waals surface area contributed by atoms with Crippen LogP contribution in [0.25, 0.3) is 10.1 Å². The van der Waals surface area contributed by atoms with E-state index in [0.29, 0.717) is 0 Å². The highest BCUT2D eigenvalue weighted by molar-refractivity contribution is 7.17. The van der Waals surface area contributed by atoms with Gasteiger partial charge in [0.1, 0.15) is 0 Å². The second-order valence-electron chi connectivity index (χ2n) is 2.38. The molecule has 1 radical (unpaired) electrons. The fourth-order valence-corrected chi connectivity index (χ4v) is 1.85. The highest BCUT2D eigenvalue weighted by Crippen LogP contribution is 2.20. The summed E-state index contributed by atoms with van der Waals surface area (Å²) < 4.78 is 1.33. The molecule has 2 aromatic rings. The Morgan fingerprint density at radius 2 is 2.40 bits per heavy atom. The van der Waals surface area contributed by atoms with Crippen molar-refractivity contribution < 1.29 is 0 Å². The molecule has 0 N–H and O–H groups in total. The van der Waals surface area contributed by atoms with E-state index in [0.717, 1.165) is 0 Å². The van der Waals surface area contributed by atoms with Crippen LogP contribution in [-0.4, -0.2) is 0 Å². The summed E-state index contributed by atoms with van der Waals surface area (Å²) in [5.41, 5.74) is 1.29. The second-order valence-corrected chi connectivity index (χ2v) is 3.32. The average molecular weight is 147 g/mol. The maximum atomic E-state index is 3.21. The Hall–Kier alpha value is -0.820. The van der Waals surface area contributed by atoms with Gasteiger partial charge in [-0.05, 0) is 36.1 Å². The minimum atomic E-state index is 1.23. The van der Waals surface area contributed by atoms with E-state index in [1.807, 2.05) is 6.07 Å². The van der Waals surface area contributed by atoms with Gasteiger partial charge in [-0.2, -0.15) is 0 Å². The zero-order valence-electron chi connectivity index (χ0n) is 5.72. The van der Waals surface area contributed by atoms with E-state index in [1.54, 1.807) is 11.3 Å². The third kappa shape index (κ3) is 0.830. The second kappa shape index (κ2) is 2.10. The van der Waals surface area contributed by atoms with Crippen molar-refractivity contribution in [1.29, 1.82) is 0 Å². The smallest absolute Gasteiger partial charge is 0.0351 e. The summed E-state index contributed by atoms with van der Waals surface area (Å²) in [6.07, 6.45) is 0. The highest BCUT2D eigenvalue weighted by Gasteiger charge is 1.92. The number of hydrogen-bond acceptors (Lipinski definition) is 1. The quantitative estimate of drug-likeness (QED) is 0.537. The van der Waals surface area contributed by atoms with Gasteiger partial charge in [0.2, 0.25) is 0 Å². The van der Waals surface area contributed by atoms with Crippen LogP contribution in [0.3, 0.4) is 0 Å². The van der Waals surface area contributed by atoms with Gasteiger partial charge in [-0.25, -0.2) is 0 Å². The summed E-state index contributed by atoms with van der Waals surface area (Å²) in [5, 5.41) is 3.33. The predicted molar refractivity (Wildman–Crippen MR) is 45.4 cm³/mol. The monoisotopic (exact) mass is 147 g/mol. The van der Waals surface area contributed by atoms with Gasteiger partial charge in [0.15, 0.2) is 0 Å². The van der Waals surface area contributed by atoms with E-state index >= 15 is 0 Å². The van der Waals surface area contributed by atoms with Crippen LogP contribution in [0.1, 0.15) is 5.56 Å². The van der Waals surface area contributed by atoms with Crippen LogP contribution in [0.4, 0.5) is 0 Å². The van der Waals surface area contributed by atoms with E-state index < -0.39 is 0 Å². The summed E-state index contributed by atoms with van der Waals surface area (Å²) in [7, 11) is 0. The zero-order valence-corrected chi connectivity index (χ0v) is 6.53. The van der Waals surface area contributed by atoms with Gasteiger partial charge in [-0.3, -0.25) is 0 Å². The Bertz CT molecular complexity index is 346. The van der Waals surface area contributed by atoms with Crippen molar-refractivity contribution in [2.24, 2.45) is 0 Å². The van der Waals surface area contributed by atoms with Crippen molar-refractivity contribution in [3.8, 4) is 0 Å². The summed E-state index contributed by atoms with van der Waals surface area (Å²) in [6.45, 7) is 2.09. The SMILES string of the molecule is Cc1c[c]c2ccsc2c1. The highest BCUT2D eigenvalue weighted by atomic mass is 32.1. The van der Waals surface area contributed by atoms with E-state index in [9.17, 15) is 0 Å². The van der Waals surface area contributed by atoms with Gasteiger partial charge in [0.25, 0.3) is 0 Å². The molecule has 0 saturated carbocycles. The molecule has 0 nitrogen and oxygen atoms in total. The first-order valence-corrected chi connectivity index (χ1v) is 4.10. The van der Waals surface area contributed by atoms with Crippen molar-refractivity contribution in [1.82, 2.24) is 0 Å². The zero-order chi connectivity index (χ0) is 6.97. The van der Waals surface area contributed by atoms with Crippen molar-refractivity contribution in [2.75, 3.05) is 0 Å². The van der Waals surface area contributed by atoms with Gasteiger partial charge in [-0.1, -0.05) is 6.07 Å². The van der Waals surface area contributed by atoms with Gasteiger partial charge in [-0.15, -0.1) is 11.3 Å². The third-order valence-corrected chi connectivity index (χ3v) is 2.37. The molecule has 0 atom stereocenters. The molecule has 49 valence electrons. The lowest BCUT2D eigenvalue weighted by atomic mass is 10.2. The molecule has 1 aromatic heterocycles. The minimum Gasteiger partial charge on any atom is -0.144 e. The number of benzene rings is 1. The summed E-state index contributed by atoms with van der Waals surface area (Å²) in [5.74, 6) is 0. The summed E-state index contributed by atoms with van der Waals surface area (Å²) in [4.78, 5) is 0. The predicted octanol–water partition coefficient (Wildman–Crippen LogP) is 3.01. The first-order valence-electron chi connectivity index (χ1n) is 3.22. The maximum absolute atomic E-state index is 3.21. The van der Waals surface area contributed by atoms with Gasteiger partial charge >= 0.3 is 0 Å². The largest absolute Gasteiger partial charge is 0.144 e. The van der Waals surface area contributed by atoms with Crippen LogP contribution >= 0.6 is 11.3 Å². The molecule has 2 rings (SSSR count). The number of hydrogen-bond donors (Lipinski definition) is 0. The topological polar surface area (TPSA) is 0 Å². The summed E-state index contributed by atoms with van der Waals surface area (Å²) >= 11 is 1.77. The Morgan fingerprint density at radius 1 is 1.50 bits per heavy atom. The summed E-state index contributed by atoms with van der Waals surface area (Å²) in [6, 6.07) is 9.52. The molecule has 1 aromatic carbocycles. The Balaban J connectivity index is 2.86. The lowest BCUT2D eigenvalue weighted by molar-refractivity contribution is 1.51. The normalized spacial score (nSPS) is 10.5. The lowest BCUT2D eigenvalue weighted by Gasteiger charge is -1.89. The van der Waals surface area contributed by atoms with Gasteiger partial charge in [0.05, 0.1) is 0 Å². The van der Waals surface area contributed by atoms with Crippen molar-refractivity contribution >= 4 is 21.4 Å². The van der Waals surface area contributed by atoms with E-state index in [-0.39, 0.29) is 0 Å². The standard InChI is InChI=1S/C9H7S/c1-7-2-3-8-4-5-10-9(8)6-7/h2,4-6H,1H3. The van der Waals surface area contributed by atoms with E-state index in [2.05, 4.69) is 30.5 Å². The van der Waals surface area contributed by atoms with E-state index in [1.165, 1.54) is 15.6 Å². The van der Waals surface area contributed by atoms with Crippen molar-refractivity contribution in [2.45, 2.75) is 6.92 Å². The molecule has 0 aliphatic carbocycles. The Labute approximate surface area is 64.1 Å². The Morgan fingerprint density at radius 3 is 3.30 bits per heavy atom. The fraction of sp³-hybridized carbons (Fsp3) is 0.111. The van der Waals surface area contributed by atoms with Crippen molar-refractivity contribution in [3.63, 3.8) is 0 Å². The first kappa shape index (κ1) is 5.93. The molecule has 1 heteroatoms. The molecule has 0 fully saturated rings. The molecule has 0 saturated heterocycles. The average Bonchev–Trinajstić information content (AvgIpc) is 2.33. The maximum Gasteiger partial charge on any atom is 0.0351 e. The first-order chi connectivity index (χ1) is 4.86. The van der Waals surface area contributed by atoms with Crippen LogP contribution in [0.5, 0.6) is 0 Å². The number of rotatable bonds is 0. The Kier molecular flexibility index (Phi) is 1.24. The molecule has 0 amide bonds. The number of aryl methyl sites for hydroxylation is 1. The van der Waals surface area contributed by atoms with Crippen LogP contribution in [0.2, 0.25) is 0 Å². The van der Waals surface area contributed by atoms with E-state index in [4.69, 9.17) is 0 Å².